The molecule has 4 aromatic rings. The number of amides is 4. The lowest BCUT2D eigenvalue weighted by Gasteiger charge is -2.25. The van der Waals surface area contributed by atoms with Crippen LogP contribution in [-0.4, -0.2) is 71.8 Å². The van der Waals surface area contributed by atoms with Crippen LogP contribution in [0.25, 0.3) is 0 Å². The third-order valence-corrected chi connectivity index (χ3v) is 8.43. The van der Waals surface area contributed by atoms with Crippen LogP contribution in [0.3, 0.4) is 0 Å². The zero-order valence-electron chi connectivity index (χ0n) is 29.1. The SMILES string of the molecule is CCCCCCCCCCC(=O)N[C@@H](Cc1cnc[nH]1)C(=O)N[C@@H](Cc1cnc[nH]1)C(=O)N[C@@H](Cc1ccc(O)cc1)C(=O)Nc1ccccn1. The number of aromatic hydroxyl groups is 1. The minimum atomic E-state index is -1.14. The average molecular weight is 700 g/mol. The number of anilines is 1. The van der Waals surface area contributed by atoms with Gasteiger partial charge in [0.25, 0.3) is 0 Å². The molecule has 0 saturated carbocycles. The molecule has 51 heavy (non-hydrogen) atoms. The van der Waals surface area contributed by atoms with Crippen LogP contribution < -0.4 is 21.3 Å². The molecule has 3 aromatic heterocycles. The summed E-state index contributed by atoms with van der Waals surface area (Å²) in [6, 6.07) is 8.15. The van der Waals surface area contributed by atoms with Gasteiger partial charge in [-0.2, -0.15) is 0 Å². The maximum Gasteiger partial charge on any atom is 0.248 e. The first-order valence-corrected chi connectivity index (χ1v) is 17.6. The lowest BCUT2D eigenvalue weighted by Crippen LogP contribution is -2.57. The maximum absolute atomic E-state index is 14.0. The Balaban J connectivity index is 1.46. The molecule has 1 aromatic carbocycles. The second-order valence-corrected chi connectivity index (χ2v) is 12.6. The number of phenolic OH excluding ortho intramolecular Hbond substituents is 1. The highest BCUT2D eigenvalue weighted by Gasteiger charge is 2.31. The fourth-order valence-corrected chi connectivity index (χ4v) is 5.61. The Labute approximate surface area is 298 Å². The lowest BCUT2D eigenvalue weighted by atomic mass is 10.0. The molecule has 14 heteroatoms. The number of nitrogens with one attached hydrogen (secondary N) is 6. The summed E-state index contributed by atoms with van der Waals surface area (Å²) < 4.78 is 0. The van der Waals surface area contributed by atoms with Crippen LogP contribution in [0.5, 0.6) is 5.75 Å². The van der Waals surface area contributed by atoms with E-state index < -0.39 is 35.8 Å². The van der Waals surface area contributed by atoms with Crippen LogP contribution in [0.15, 0.2) is 73.7 Å². The van der Waals surface area contributed by atoms with Crippen molar-refractivity contribution in [3.8, 4) is 5.75 Å². The number of H-pyrrole nitrogens is 2. The van der Waals surface area contributed by atoms with E-state index in [1.54, 1.807) is 42.7 Å². The van der Waals surface area contributed by atoms with Crippen molar-refractivity contribution in [2.24, 2.45) is 0 Å². The zero-order valence-corrected chi connectivity index (χ0v) is 29.1. The Bertz CT molecular complexity index is 1610. The first kappa shape index (κ1) is 38.3. The van der Waals surface area contributed by atoms with Gasteiger partial charge in [0.1, 0.15) is 29.7 Å². The maximum atomic E-state index is 14.0. The summed E-state index contributed by atoms with van der Waals surface area (Å²) in [7, 11) is 0. The number of aromatic nitrogens is 5. The standard InChI is InChI=1S/C37H49N9O5/c1-2-3-4-5-6-7-8-9-13-34(48)43-31(20-27-22-38-24-41-27)35(49)45-32(21-28-23-39-25-42-28)36(50)44-30(19-26-14-16-29(47)17-15-26)37(51)46-33-12-10-11-18-40-33/h10-12,14-18,22-25,30-32,47H,2-9,13,19-21H2,1H3,(H,38,41)(H,39,42)(H,43,48)(H,44,50)(H,45,49)(H,40,46,51)/t30-,31-,32-/m0/s1. The zero-order chi connectivity index (χ0) is 36.3. The molecular weight excluding hydrogens is 650 g/mol. The third kappa shape index (κ3) is 13.7. The van der Waals surface area contributed by atoms with Gasteiger partial charge in [-0.1, -0.05) is 70.1 Å². The van der Waals surface area contributed by atoms with Crippen molar-refractivity contribution in [2.45, 2.75) is 102 Å². The normalized spacial score (nSPS) is 12.7. The summed E-state index contributed by atoms with van der Waals surface area (Å²) in [4.78, 5) is 72.5. The molecule has 0 fully saturated rings. The minimum Gasteiger partial charge on any atom is -0.508 e. The molecule has 0 bridgehead atoms. The molecular formula is C37H49N9O5. The number of carbonyl (C=O) groups is 4. The molecule has 3 heterocycles. The van der Waals surface area contributed by atoms with E-state index in [2.05, 4.69) is 53.1 Å². The van der Waals surface area contributed by atoms with E-state index in [4.69, 9.17) is 0 Å². The molecule has 14 nitrogen and oxygen atoms in total. The second-order valence-electron chi connectivity index (χ2n) is 12.6. The molecule has 272 valence electrons. The quantitative estimate of drug-likeness (QED) is 0.0598. The van der Waals surface area contributed by atoms with Crippen LogP contribution in [0.4, 0.5) is 5.82 Å². The van der Waals surface area contributed by atoms with Crippen LogP contribution in [0, 0.1) is 0 Å². The van der Waals surface area contributed by atoms with Crippen molar-refractivity contribution in [2.75, 3.05) is 5.32 Å². The Hall–Kier alpha value is -5.53. The Morgan fingerprint density at radius 2 is 1.25 bits per heavy atom. The van der Waals surface area contributed by atoms with Gasteiger partial charge in [0.2, 0.25) is 23.6 Å². The third-order valence-electron chi connectivity index (χ3n) is 8.43. The minimum absolute atomic E-state index is 0.0361. The number of phenols is 1. The molecule has 0 spiro atoms. The fourth-order valence-electron chi connectivity index (χ4n) is 5.61. The van der Waals surface area contributed by atoms with Gasteiger partial charge in [-0.15, -0.1) is 0 Å². The molecule has 7 N–H and O–H groups in total. The molecule has 0 aliphatic rings. The highest BCUT2D eigenvalue weighted by Crippen LogP contribution is 2.14. The van der Waals surface area contributed by atoms with Gasteiger partial charge in [0.15, 0.2) is 0 Å². The fraction of sp³-hybridized carbons (Fsp3) is 0.432. The summed E-state index contributed by atoms with van der Waals surface area (Å²) in [5, 5.41) is 21.0. The van der Waals surface area contributed by atoms with E-state index in [-0.39, 0.29) is 37.3 Å². The highest BCUT2D eigenvalue weighted by molar-refractivity contribution is 5.98. The summed E-state index contributed by atoms with van der Waals surface area (Å²) in [6.45, 7) is 2.19. The van der Waals surface area contributed by atoms with Crippen molar-refractivity contribution < 1.29 is 24.3 Å². The monoisotopic (exact) mass is 699 g/mol. The molecule has 0 unspecified atom stereocenters. The van der Waals surface area contributed by atoms with Crippen molar-refractivity contribution in [3.05, 3.63) is 90.7 Å². The summed E-state index contributed by atoms with van der Waals surface area (Å²) in [6.07, 6.45) is 16.9. The summed E-state index contributed by atoms with van der Waals surface area (Å²) >= 11 is 0. The first-order chi connectivity index (χ1) is 24.8. The summed E-state index contributed by atoms with van der Waals surface area (Å²) in [5.74, 6) is -1.60. The van der Waals surface area contributed by atoms with E-state index in [0.29, 0.717) is 29.2 Å². The molecule has 3 atom stereocenters. The van der Waals surface area contributed by atoms with Gasteiger partial charge in [-0.05, 0) is 36.2 Å². The lowest BCUT2D eigenvalue weighted by molar-refractivity contribution is -0.133. The number of pyridine rings is 1. The Morgan fingerprint density at radius 3 is 1.80 bits per heavy atom. The van der Waals surface area contributed by atoms with Crippen LogP contribution in [0.1, 0.15) is 81.7 Å². The van der Waals surface area contributed by atoms with E-state index >= 15 is 0 Å². The number of imidazole rings is 2. The van der Waals surface area contributed by atoms with Gasteiger partial charge in [0, 0.05) is 55.7 Å². The van der Waals surface area contributed by atoms with Gasteiger partial charge in [0.05, 0.1) is 12.7 Å². The van der Waals surface area contributed by atoms with Crippen LogP contribution >= 0.6 is 0 Å². The number of rotatable bonds is 22. The summed E-state index contributed by atoms with van der Waals surface area (Å²) in [5.41, 5.74) is 1.90. The van der Waals surface area contributed by atoms with E-state index in [1.165, 1.54) is 56.7 Å². The van der Waals surface area contributed by atoms with Gasteiger partial charge in [-0.3, -0.25) is 19.2 Å². The smallest absolute Gasteiger partial charge is 0.248 e. The second kappa shape index (κ2) is 20.9. The number of nitrogens with zero attached hydrogens (tertiary/aromatic N) is 3. The van der Waals surface area contributed by atoms with Crippen molar-refractivity contribution >= 4 is 29.4 Å². The number of benzene rings is 1. The average Bonchev–Trinajstić information content (AvgIpc) is 3.85. The molecule has 0 aliphatic heterocycles. The number of carbonyl (C=O) groups excluding carboxylic acids is 4. The molecule has 0 radical (unpaired) electrons. The van der Waals surface area contributed by atoms with Crippen molar-refractivity contribution in [1.29, 1.82) is 0 Å². The van der Waals surface area contributed by atoms with E-state index in [0.717, 1.165) is 19.3 Å². The number of aromatic amines is 2. The molecule has 0 saturated heterocycles. The molecule has 4 rings (SSSR count). The number of unbranched alkanes of at least 4 members (excludes halogenated alkanes) is 7. The van der Waals surface area contributed by atoms with Crippen molar-refractivity contribution in [3.63, 3.8) is 0 Å². The first-order valence-electron chi connectivity index (χ1n) is 17.6. The van der Waals surface area contributed by atoms with Crippen LogP contribution in [-0.2, 0) is 38.4 Å². The largest absolute Gasteiger partial charge is 0.508 e. The van der Waals surface area contributed by atoms with Crippen molar-refractivity contribution in [1.82, 2.24) is 40.9 Å². The number of hydrogen-bond donors (Lipinski definition) is 7. The predicted octanol–water partition coefficient (Wildman–Crippen LogP) is 3.89. The van der Waals surface area contributed by atoms with Gasteiger partial charge >= 0.3 is 0 Å². The topological polar surface area (TPSA) is 207 Å². The molecule has 4 amide bonds. The van der Waals surface area contributed by atoms with E-state index in [1.807, 2.05) is 0 Å². The highest BCUT2D eigenvalue weighted by atomic mass is 16.3. The van der Waals surface area contributed by atoms with Crippen LogP contribution in [0.2, 0.25) is 0 Å². The number of hydrogen-bond acceptors (Lipinski definition) is 8. The Kier molecular flexibility index (Phi) is 15.7. The van der Waals surface area contributed by atoms with Gasteiger partial charge < -0.3 is 36.3 Å². The predicted molar refractivity (Wildman–Crippen MR) is 192 cm³/mol. The van der Waals surface area contributed by atoms with Gasteiger partial charge in [-0.25, -0.2) is 15.0 Å². The molecule has 0 aliphatic carbocycles. The Morgan fingerprint density at radius 1 is 0.686 bits per heavy atom. The van der Waals surface area contributed by atoms with E-state index in [9.17, 15) is 24.3 Å².